The molecular formula is C21H15ClN2O5S. The Labute approximate surface area is 181 Å². The molecule has 3 aromatic rings. The second-order valence-electron chi connectivity index (χ2n) is 5.99. The average Bonchev–Trinajstić information content (AvgIpc) is 3.30. The molecule has 1 aromatic heterocycles. The minimum absolute atomic E-state index is 0.101. The van der Waals surface area contributed by atoms with Crippen molar-refractivity contribution in [1.29, 1.82) is 0 Å². The van der Waals surface area contributed by atoms with E-state index in [4.69, 9.17) is 30.5 Å². The van der Waals surface area contributed by atoms with E-state index in [9.17, 15) is 4.79 Å². The van der Waals surface area contributed by atoms with E-state index in [1.807, 2.05) is 18.2 Å². The highest BCUT2D eigenvalue weighted by Crippen LogP contribution is 2.34. The van der Waals surface area contributed by atoms with E-state index in [1.54, 1.807) is 30.3 Å². The maximum Gasteiger partial charge on any atom is 0.363 e. The van der Waals surface area contributed by atoms with Crippen molar-refractivity contribution in [2.75, 3.05) is 14.2 Å². The van der Waals surface area contributed by atoms with Crippen LogP contribution >= 0.6 is 22.9 Å². The normalized spacial score (nSPS) is 14.4. The van der Waals surface area contributed by atoms with Gasteiger partial charge in [-0.1, -0.05) is 41.1 Å². The summed E-state index contributed by atoms with van der Waals surface area (Å²) in [6.45, 7) is 0. The van der Waals surface area contributed by atoms with Gasteiger partial charge < -0.3 is 18.9 Å². The number of rotatable bonds is 6. The molecule has 0 unspecified atom stereocenters. The smallest absolute Gasteiger partial charge is 0.363 e. The van der Waals surface area contributed by atoms with E-state index in [2.05, 4.69) is 9.98 Å². The van der Waals surface area contributed by atoms with Crippen LogP contribution in [0.3, 0.4) is 0 Å². The number of aromatic nitrogens is 1. The highest BCUT2D eigenvalue weighted by Gasteiger charge is 2.26. The van der Waals surface area contributed by atoms with Crippen LogP contribution in [0.1, 0.15) is 10.4 Å². The van der Waals surface area contributed by atoms with E-state index in [1.165, 1.54) is 31.6 Å². The SMILES string of the molecule is COc1cc(OC)cc(C2=NC(=Cc3sc(Oc4ccccc4)nc3Cl)C(=O)O2)c1. The standard InChI is InChI=1S/C21H15ClN2O5S/c1-26-14-8-12(9-15(10-14)27-2)19-23-16(20(25)29-19)11-17-18(22)24-21(30-17)28-13-6-4-3-5-7-13/h3-11H,1-2H3. The third-order valence-corrected chi connectivity index (χ3v) is 5.31. The van der Waals surface area contributed by atoms with Gasteiger partial charge in [0.15, 0.2) is 10.9 Å². The number of hydrogen-bond donors (Lipinski definition) is 0. The first-order chi connectivity index (χ1) is 14.6. The Morgan fingerprint density at radius 1 is 1.03 bits per heavy atom. The molecule has 0 radical (unpaired) electrons. The topological polar surface area (TPSA) is 79.2 Å². The lowest BCUT2D eigenvalue weighted by molar-refractivity contribution is -0.129. The highest BCUT2D eigenvalue weighted by atomic mass is 35.5. The van der Waals surface area contributed by atoms with Crippen LogP contribution in [-0.2, 0) is 9.53 Å². The van der Waals surface area contributed by atoms with Crippen molar-refractivity contribution in [2.45, 2.75) is 0 Å². The summed E-state index contributed by atoms with van der Waals surface area (Å²) in [5, 5.41) is 0.559. The molecule has 0 saturated carbocycles. The number of nitrogens with zero attached hydrogens (tertiary/aromatic N) is 2. The predicted molar refractivity (Wildman–Crippen MR) is 114 cm³/mol. The van der Waals surface area contributed by atoms with Crippen molar-refractivity contribution < 1.29 is 23.7 Å². The molecule has 152 valence electrons. The Hall–Kier alpha value is -3.36. The monoisotopic (exact) mass is 442 g/mol. The second-order valence-corrected chi connectivity index (χ2v) is 7.34. The zero-order chi connectivity index (χ0) is 21.1. The molecular weight excluding hydrogens is 428 g/mol. The van der Waals surface area contributed by atoms with Gasteiger partial charge in [0.2, 0.25) is 5.90 Å². The van der Waals surface area contributed by atoms with Gasteiger partial charge in [-0.25, -0.2) is 9.79 Å². The summed E-state index contributed by atoms with van der Waals surface area (Å²) >= 11 is 7.40. The second kappa shape index (κ2) is 8.56. The molecule has 2 heterocycles. The van der Waals surface area contributed by atoms with E-state index in [-0.39, 0.29) is 16.7 Å². The molecule has 7 nitrogen and oxygen atoms in total. The van der Waals surface area contributed by atoms with Gasteiger partial charge in [0.25, 0.3) is 5.19 Å². The predicted octanol–water partition coefficient (Wildman–Crippen LogP) is 4.95. The summed E-state index contributed by atoms with van der Waals surface area (Å²) in [5.74, 6) is 1.28. The van der Waals surface area contributed by atoms with Crippen molar-refractivity contribution in [3.63, 3.8) is 0 Å². The summed E-state index contributed by atoms with van der Waals surface area (Å²) in [7, 11) is 3.07. The molecule has 0 saturated heterocycles. The summed E-state index contributed by atoms with van der Waals surface area (Å²) in [4.78, 5) is 21.3. The molecule has 1 aliphatic heterocycles. The van der Waals surface area contributed by atoms with Crippen molar-refractivity contribution in [2.24, 2.45) is 4.99 Å². The minimum atomic E-state index is -0.596. The third kappa shape index (κ3) is 4.29. The molecule has 0 aliphatic carbocycles. The number of cyclic esters (lactones) is 1. The fraction of sp³-hybridized carbons (Fsp3) is 0.0952. The van der Waals surface area contributed by atoms with Gasteiger partial charge in [-0.2, -0.15) is 4.98 Å². The van der Waals surface area contributed by atoms with Crippen LogP contribution in [-0.4, -0.2) is 31.1 Å². The number of carbonyl (C=O) groups excluding carboxylic acids is 1. The molecule has 0 atom stereocenters. The molecule has 30 heavy (non-hydrogen) atoms. The van der Waals surface area contributed by atoms with Crippen molar-refractivity contribution in [3.05, 3.63) is 69.8 Å². The van der Waals surface area contributed by atoms with Gasteiger partial charge in [0.1, 0.15) is 17.2 Å². The van der Waals surface area contributed by atoms with Gasteiger partial charge in [-0.05, 0) is 30.3 Å². The number of hydrogen-bond acceptors (Lipinski definition) is 8. The lowest BCUT2D eigenvalue weighted by Gasteiger charge is -2.07. The quantitative estimate of drug-likeness (QED) is 0.397. The first-order valence-electron chi connectivity index (χ1n) is 8.71. The first kappa shape index (κ1) is 19.9. The summed E-state index contributed by atoms with van der Waals surface area (Å²) < 4.78 is 21.5. The number of benzene rings is 2. The van der Waals surface area contributed by atoms with Crippen LogP contribution in [0.4, 0.5) is 0 Å². The first-order valence-corrected chi connectivity index (χ1v) is 9.90. The lowest BCUT2D eigenvalue weighted by atomic mass is 10.2. The summed E-state index contributed by atoms with van der Waals surface area (Å²) in [5.41, 5.74) is 0.648. The van der Waals surface area contributed by atoms with Gasteiger partial charge in [0.05, 0.1) is 19.1 Å². The Kier molecular flexibility index (Phi) is 5.69. The number of ether oxygens (including phenoxy) is 4. The molecule has 0 spiro atoms. The minimum Gasteiger partial charge on any atom is -0.497 e. The Morgan fingerprint density at radius 2 is 1.73 bits per heavy atom. The summed E-state index contributed by atoms with van der Waals surface area (Å²) in [6.07, 6.45) is 1.52. The van der Waals surface area contributed by atoms with Crippen LogP contribution < -0.4 is 14.2 Å². The highest BCUT2D eigenvalue weighted by molar-refractivity contribution is 7.14. The van der Waals surface area contributed by atoms with E-state index in [0.717, 1.165) is 0 Å². The largest absolute Gasteiger partial charge is 0.497 e. The average molecular weight is 443 g/mol. The molecule has 0 amide bonds. The van der Waals surface area contributed by atoms with Gasteiger partial charge >= 0.3 is 5.97 Å². The molecule has 1 aliphatic rings. The fourth-order valence-electron chi connectivity index (χ4n) is 2.60. The van der Waals surface area contributed by atoms with Gasteiger partial charge in [0, 0.05) is 11.6 Å². The Bertz CT molecular complexity index is 1140. The van der Waals surface area contributed by atoms with Crippen LogP contribution in [0.25, 0.3) is 6.08 Å². The van der Waals surface area contributed by atoms with Crippen LogP contribution in [0.15, 0.2) is 59.2 Å². The number of para-hydroxylation sites is 1. The molecule has 2 aromatic carbocycles. The molecule has 0 bridgehead atoms. The maximum absolute atomic E-state index is 12.3. The molecule has 0 fully saturated rings. The summed E-state index contributed by atoms with van der Waals surface area (Å²) in [6, 6.07) is 14.3. The fourth-order valence-corrected chi connectivity index (χ4v) is 3.66. The van der Waals surface area contributed by atoms with E-state index < -0.39 is 5.97 Å². The number of carbonyl (C=O) groups is 1. The van der Waals surface area contributed by atoms with Crippen molar-refractivity contribution in [1.82, 2.24) is 4.98 Å². The number of halogens is 1. The molecule has 0 N–H and O–H groups in total. The number of aliphatic imine (C=N–C) groups is 1. The zero-order valence-corrected chi connectivity index (χ0v) is 17.5. The van der Waals surface area contributed by atoms with E-state index >= 15 is 0 Å². The van der Waals surface area contributed by atoms with Crippen LogP contribution in [0, 0.1) is 0 Å². The molecule has 4 rings (SSSR count). The van der Waals surface area contributed by atoms with Gasteiger partial charge in [-0.15, -0.1) is 0 Å². The van der Waals surface area contributed by atoms with Gasteiger partial charge in [-0.3, -0.25) is 0 Å². The molecule has 9 heteroatoms. The Balaban J connectivity index is 1.62. The van der Waals surface area contributed by atoms with E-state index in [0.29, 0.717) is 32.9 Å². The van der Waals surface area contributed by atoms with Crippen molar-refractivity contribution >= 4 is 40.9 Å². The zero-order valence-electron chi connectivity index (χ0n) is 15.9. The number of methoxy groups -OCH3 is 2. The maximum atomic E-state index is 12.3. The van der Waals surface area contributed by atoms with Crippen molar-refractivity contribution in [3.8, 4) is 22.4 Å². The van der Waals surface area contributed by atoms with Crippen LogP contribution in [0.2, 0.25) is 5.15 Å². The number of thiazole rings is 1. The number of esters is 1. The Morgan fingerprint density at radius 3 is 2.40 bits per heavy atom. The third-order valence-electron chi connectivity index (χ3n) is 4.03. The lowest BCUT2D eigenvalue weighted by Crippen LogP contribution is -2.06. The van der Waals surface area contributed by atoms with Crippen LogP contribution in [0.5, 0.6) is 22.4 Å².